The Balaban J connectivity index is 2.22. The normalized spacial score (nSPS) is 12.9. The van der Waals surface area contributed by atoms with E-state index in [2.05, 4.69) is 5.10 Å². The number of hydrogen-bond donors (Lipinski definition) is 1. The lowest BCUT2D eigenvalue weighted by Gasteiger charge is -2.16. The van der Waals surface area contributed by atoms with E-state index in [4.69, 9.17) is 23.2 Å². The minimum atomic E-state index is -0.682. The Kier molecular flexibility index (Phi) is 4.50. The number of aliphatic hydroxyl groups is 1. The molecule has 0 saturated heterocycles. The van der Waals surface area contributed by atoms with E-state index in [1.165, 1.54) is 0 Å². The smallest absolute Gasteiger partial charge is 0.101 e. The van der Waals surface area contributed by atoms with Gasteiger partial charge in [0, 0.05) is 17.5 Å². The molecule has 0 aliphatic carbocycles. The summed E-state index contributed by atoms with van der Waals surface area (Å²) in [6, 6.07) is 7.57. The molecule has 19 heavy (non-hydrogen) atoms. The monoisotopic (exact) mass is 298 g/mol. The van der Waals surface area contributed by atoms with Crippen molar-refractivity contribution in [3.05, 3.63) is 51.8 Å². The summed E-state index contributed by atoms with van der Waals surface area (Å²) in [4.78, 5) is 0. The highest BCUT2D eigenvalue weighted by molar-refractivity contribution is 6.31. The van der Waals surface area contributed by atoms with Gasteiger partial charge in [-0.2, -0.15) is 5.10 Å². The largest absolute Gasteiger partial charge is 0.386 e. The lowest BCUT2D eigenvalue weighted by Crippen LogP contribution is -2.13. The molecule has 2 aromatic rings. The summed E-state index contributed by atoms with van der Waals surface area (Å²) < 4.78 is 1.75. The van der Waals surface area contributed by atoms with Crippen LogP contribution in [0.1, 0.15) is 37.3 Å². The Morgan fingerprint density at radius 3 is 2.42 bits per heavy atom. The Bertz CT molecular complexity index is 549. The average molecular weight is 299 g/mol. The standard InChI is InChI=1S/C14H16Cl2N2O/c1-9(2)18-14(12(16)8-17-18)13(19)7-10-3-5-11(15)6-4-10/h3-6,8-9,13,19H,7H2,1-2H3. The molecule has 0 aliphatic rings. The van der Waals surface area contributed by atoms with E-state index in [0.717, 1.165) is 5.56 Å². The summed E-state index contributed by atoms with van der Waals surface area (Å²) in [5, 5.41) is 15.7. The van der Waals surface area contributed by atoms with Gasteiger partial charge in [-0.1, -0.05) is 35.3 Å². The van der Waals surface area contributed by atoms with Gasteiger partial charge in [0.1, 0.15) is 6.10 Å². The van der Waals surface area contributed by atoms with Crippen LogP contribution in [0.3, 0.4) is 0 Å². The van der Waals surface area contributed by atoms with Crippen LogP contribution in [0.5, 0.6) is 0 Å². The number of benzene rings is 1. The molecule has 0 radical (unpaired) electrons. The minimum Gasteiger partial charge on any atom is -0.386 e. The van der Waals surface area contributed by atoms with Gasteiger partial charge in [-0.3, -0.25) is 4.68 Å². The fraction of sp³-hybridized carbons (Fsp3) is 0.357. The van der Waals surface area contributed by atoms with Crippen LogP contribution in [0.4, 0.5) is 0 Å². The molecule has 5 heteroatoms. The first-order valence-electron chi connectivity index (χ1n) is 6.14. The number of aromatic nitrogens is 2. The van der Waals surface area contributed by atoms with Crippen molar-refractivity contribution in [1.29, 1.82) is 0 Å². The maximum absolute atomic E-state index is 10.4. The molecule has 0 amide bonds. The Labute approximate surface area is 122 Å². The van der Waals surface area contributed by atoms with Crippen LogP contribution >= 0.6 is 23.2 Å². The molecule has 1 aromatic heterocycles. The van der Waals surface area contributed by atoms with Gasteiger partial charge in [0.15, 0.2) is 0 Å². The maximum atomic E-state index is 10.4. The second-order valence-corrected chi connectivity index (χ2v) is 5.61. The Hall–Kier alpha value is -1.03. The van der Waals surface area contributed by atoms with Gasteiger partial charge < -0.3 is 5.11 Å². The first kappa shape index (κ1) is 14.4. The van der Waals surface area contributed by atoms with Gasteiger partial charge >= 0.3 is 0 Å². The quantitative estimate of drug-likeness (QED) is 0.925. The summed E-state index contributed by atoms with van der Waals surface area (Å²) in [5.74, 6) is 0. The highest BCUT2D eigenvalue weighted by atomic mass is 35.5. The predicted molar refractivity (Wildman–Crippen MR) is 77.7 cm³/mol. The fourth-order valence-corrected chi connectivity index (χ4v) is 2.40. The van der Waals surface area contributed by atoms with Crippen molar-refractivity contribution in [1.82, 2.24) is 9.78 Å². The lowest BCUT2D eigenvalue weighted by molar-refractivity contribution is 0.165. The third-order valence-corrected chi connectivity index (χ3v) is 3.48. The minimum absolute atomic E-state index is 0.155. The molecule has 0 aliphatic heterocycles. The van der Waals surface area contributed by atoms with Crippen molar-refractivity contribution in [3.63, 3.8) is 0 Å². The molecule has 1 N–H and O–H groups in total. The Morgan fingerprint density at radius 1 is 1.21 bits per heavy atom. The lowest BCUT2D eigenvalue weighted by atomic mass is 10.1. The van der Waals surface area contributed by atoms with Crippen LogP contribution in [0.25, 0.3) is 0 Å². The summed E-state index contributed by atoms with van der Waals surface area (Å²) in [6.07, 6.45) is 1.37. The maximum Gasteiger partial charge on any atom is 0.101 e. The zero-order chi connectivity index (χ0) is 14.0. The SMILES string of the molecule is CC(C)n1ncc(Cl)c1C(O)Cc1ccc(Cl)cc1. The molecule has 0 bridgehead atoms. The molecule has 3 nitrogen and oxygen atoms in total. The first-order valence-corrected chi connectivity index (χ1v) is 6.90. The summed E-state index contributed by atoms with van der Waals surface area (Å²) in [7, 11) is 0. The average Bonchev–Trinajstić information content (AvgIpc) is 2.74. The molecule has 0 saturated carbocycles. The molecule has 1 aromatic carbocycles. The highest BCUT2D eigenvalue weighted by Crippen LogP contribution is 2.28. The van der Waals surface area contributed by atoms with E-state index in [1.54, 1.807) is 10.9 Å². The van der Waals surface area contributed by atoms with E-state index in [1.807, 2.05) is 38.1 Å². The fourth-order valence-electron chi connectivity index (χ4n) is 2.01. The second kappa shape index (κ2) is 5.95. The van der Waals surface area contributed by atoms with Crippen molar-refractivity contribution in [2.24, 2.45) is 0 Å². The summed E-state index contributed by atoms with van der Waals surface area (Å²) >= 11 is 12.0. The van der Waals surface area contributed by atoms with Crippen molar-refractivity contribution in [2.45, 2.75) is 32.4 Å². The number of hydrogen-bond acceptors (Lipinski definition) is 2. The van der Waals surface area contributed by atoms with E-state index < -0.39 is 6.10 Å². The predicted octanol–water partition coefficient (Wildman–Crippen LogP) is 4.05. The van der Waals surface area contributed by atoms with Crippen molar-refractivity contribution in [3.8, 4) is 0 Å². The zero-order valence-corrected chi connectivity index (χ0v) is 12.4. The van der Waals surface area contributed by atoms with Crippen LogP contribution < -0.4 is 0 Å². The molecule has 0 fully saturated rings. The topological polar surface area (TPSA) is 38.0 Å². The molecule has 1 heterocycles. The van der Waals surface area contributed by atoms with Crippen LogP contribution in [0.15, 0.2) is 30.5 Å². The summed E-state index contributed by atoms with van der Waals surface area (Å²) in [5.41, 5.74) is 1.66. The van der Waals surface area contributed by atoms with Crippen molar-refractivity contribution < 1.29 is 5.11 Å². The molecule has 1 atom stereocenters. The van der Waals surface area contributed by atoms with Crippen molar-refractivity contribution in [2.75, 3.05) is 0 Å². The number of halogens is 2. The van der Waals surface area contributed by atoms with Crippen LogP contribution in [0.2, 0.25) is 10.0 Å². The van der Waals surface area contributed by atoms with Crippen LogP contribution in [-0.4, -0.2) is 14.9 Å². The molecule has 102 valence electrons. The van der Waals surface area contributed by atoms with Gasteiger partial charge in [0.2, 0.25) is 0 Å². The van der Waals surface area contributed by atoms with E-state index >= 15 is 0 Å². The molecule has 2 rings (SSSR count). The van der Waals surface area contributed by atoms with Crippen molar-refractivity contribution >= 4 is 23.2 Å². The van der Waals surface area contributed by atoms with Gasteiger partial charge in [-0.25, -0.2) is 0 Å². The first-order chi connectivity index (χ1) is 8.99. The third kappa shape index (κ3) is 3.30. The second-order valence-electron chi connectivity index (χ2n) is 4.76. The van der Waals surface area contributed by atoms with Crippen LogP contribution in [-0.2, 0) is 6.42 Å². The molecular formula is C14H16Cl2N2O. The van der Waals surface area contributed by atoms with E-state index in [-0.39, 0.29) is 6.04 Å². The summed E-state index contributed by atoms with van der Waals surface area (Å²) in [6.45, 7) is 4.00. The van der Waals surface area contributed by atoms with Gasteiger partial charge in [-0.15, -0.1) is 0 Å². The highest BCUT2D eigenvalue weighted by Gasteiger charge is 2.19. The number of rotatable bonds is 4. The number of aliphatic hydroxyl groups excluding tert-OH is 1. The Morgan fingerprint density at radius 2 is 1.84 bits per heavy atom. The van der Waals surface area contributed by atoms with E-state index in [0.29, 0.717) is 22.2 Å². The third-order valence-electron chi connectivity index (χ3n) is 2.93. The van der Waals surface area contributed by atoms with Crippen LogP contribution in [0, 0.1) is 0 Å². The molecule has 1 unspecified atom stereocenters. The van der Waals surface area contributed by atoms with Gasteiger partial charge in [0.25, 0.3) is 0 Å². The van der Waals surface area contributed by atoms with Gasteiger partial charge in [-0.05, 0) is 31.5 Å². The van der Waals surface area contributed by atoms with E-state index in [9.17, 15) is 5.11 Å². The molecule has 0 spiro atoms. The molecular weight excluding hydrogens is 283 g/mol. The number of nitrogens with zero attached hydrogens (tertiary/aromatic N) is 2. The van der Waals surface area contributed by atoms with Gasteiger partial charge in [0.05, 0.1) is 16.9 Å². The zero-order valence-electron chi connectivity index (χ0n) is 10.8.